The number of rotatable bonds is 7. The van der Waals surface area contributed by atoms with E-state index in [-0.39, 0.29) is 6.04 Å². The summed E-state index contributed by atoms with van der Waals surface area (Å²) in [6.07, 6.45) is 8.85. The van der Waals surface area contributed by atoms with E-state index < -0.39 is 0 Å². The van der Waals surface area contributed by atoms with Crippen LogP contribution in [-0.4, -0.2) is 16.6 Å². The van der Waals surface area contributed by atoms with Gasteiger partial charge in [0.15, 0.2) is 0 Å². The highest BCUT2D eigenvalue weighted by Crippen LogP contribution is 2.20. The van der Waals surface area contributed by atoms with Crippen molar-refractivity contribution in [2.45, 2.75) is 25.8 Å². The Hall–Kier alpha value is -1.98. The first-order chi connectivity index (χ1) is 9.83. The molecule has 5 heteroatoms. The molecule has 2 heterocycles. The second-order valence-electron chi connectivity index (χ2n) is 4.59. The minimum Gasteiger partial charge on any atom is -0.492 e. The van der Waals surface area contributed by atoms with E-state index in [0.717, 1.165) is 29.7 Å². The maximum atomic E-state index is 5.66. The number of hydrazine groups is 1. The molecule has 0 saturated heterocycles. The molecule has 0 aliphatic heterocycles. The SMILES string of the molecule is CCCOc1cncc(C(Cc2cccnc2)NN)c1. The molecule has 2 rings (SSSR count). The molecule has 0 aromatic carbocycles. The normalized spacial score (nSPS) is 12.1. The monoisotopic (exact) mass is 272 g/mol. The zero-order chi connectivity index (χ0) is 14.2. The van der Waals surface area contributed by atoms with Crippen LogP contribution in [0.2, 0.25) is 0 Å². The first-order valence-electron chi connectivity index (χ1n) is 6.76. The lowest BCUT2D eigenvalue weighted by Crippen LogP contribution is -2.29. The topological polar surface area (TPSA) is 73.1 Å². The van der Waals surface area contributed by atoms with Crippen LogP contribution in [0.25, 0.3) is 0 Å². The lowest BCUT2D eigenvalue weighted by molar-refractivity contribution is 0.315. The molecule has 1 atom stereocenters. The molecule has 2 aromatic heterocycles. The minimum atomic E-state index is -0.0168. The maximum absolute atomic E-state index is 5.66. The number of ether oxygens (including phenoxy) is 1. The smallest absolute Gasteiger partial charge is 0.137 e. The molecular formula is C15H20N4O. The van der Waals surface area contributed by atoms with Gasteiger partial charge in [-0.3, -0.25) is 21.2 Å². The third-order valence-electron chi connectivity index (χ3n) is 2.97. The summed E-state index contributed by atoms with van der Waals surface area (Å²) in [4.78, 5) is 8.33. The number of aromatic nitrogens is 2. The van der Waals surface area contributed by atoms with Crippen LogP contribution in [0, 0.1) is 0 Å². The van der Waals surface area contributed by atoms with Gasteiger partial charge in [0.05, 0.1) is 18.8 Å². The Morgan fingerprint density at radius 2 is 2.20 bits per heavy atom. The molecule has 0 radical (unpaired) electrons. The first-order valence-corrected chi connectivity index (χ1v) is 6.76. The van der Waals surface area contributed by atoms with E-state index in [0.29, 0.717) is 6.61 Å². The Kier molecular flexibility index (Phi) is 5.46. The fourth-order valence-corrected chi connectivity index (χ4v) is 1.95. The van der Waals surface area contributed by atoms with Gasteiger partial charge in [-0.25, -0.2) is 0 Å². The summed E-state index contributed by atoms with van der Waals surface area (Å²) in [7, 11) is 0. The highest BCUT2D eigenvalue weighted by Gasteiger charge is 2.12. The highest BCUT2D eigenvalue weighted by molar-refractivity contribution is 5.27. The van der Waals surface area contributed by atoms with E-state index in [1.54, 1.807) is 18.6 Å². The molecule has 0 aliphatic carbocycles. The zero-order valence-electron chi connectivity index (χ0n) is 11.6. The quantitative estimate of drug-likeness (QED) is 0.596. The van der Waals surface area contributed by atoms with Crippen molar-refractivity contribution in [3.05, 3.63) is 54.1 Å². The van der Waals surface area contributed by atoms with Crippen LogP contribution in [0.4, 0.5) is 0 Å². The van der Waals surface area contributed by atoms with Gasteiger partial charge in [0.25, 0.3) is 0 Å². The Labute approximate surface area is 119 Å². The van der Waals surface area contributed by atoms with Gasteiger partial charge in [-0.2, -0.15) is 0 Å². The molecule has 2 aromatic rings. The Morgan fingerprint density at radius 1 is 1.30 bits per heavy atom. The van der Waals surface area contributed by atoms with Crippen molar-refractivity contribution in [3.63, 3.8) is 0 Å². The summed E-state index contributed by atoms with van der Waals surface area (Å²) in [6.45, 7) is 2.76. The fraction of sp³-hybridized carbons (Fsp3) is 0.333. The summed E-state index contributed by atoms with van der Waals surface area (Å²) in [5, 5.41) is 0. The lowest BCUT2D eigenvalue weighted by atomic mass is 10.0. The van der Waals surface area contributed by atoms with Crippen molar-refractivity contribution >= 4 is 0 Å². The summed E-state index contributed by atoms with van der Waals surface area (Å²) < 4.78 is 5.60. The largest absolute Gasteiger partial charge is 0.492 e. The van der Waals surface area contributed by atoms with E-state index in [4.69, 9.17) is 10.6 Å². The van der Waals surface area contributed by atoms with Crippen molar-refractivity contribution in [1.29, 1.82) is 0 Å². The van der Waals surface area contributed by atoms with Gasteiger partial charge in [-0.15, -0.1) is 0 Å². The van der Waals surface area contributed by atoms with E-state index in [1.165, 1.54) is 0 Å². The van der Waals surface area contributed by atoms with Crippen LogP contribution in [-0.2, 0) is 6.42 Å². The number of hydrogen-bond acceptors (Lipinski definition) is 5. The van der Waals surface area contributed by atoms with E-state index in [2.05, 4.69) is 22.3 Å². The third-order valence-corrected chi connectivity index (χ3v) is 2.97. The van der Waals surface area contributed by atoms with Gasteiger partial charge in [-0.05, 0) is 36.1 Å². The molecule has 3 N–H and O–H groups in total. The maximum Gasteiger partial charge on any atom is 0.137 e. The number of nitrogens with zero attached hydrogens (tertiary/aromatic N) is 2. The van der Waals surface area contributed by atoms with Crippen molar-refractivity contribution < 1.29 is 4.74 Å². The number of nitrogens with one attached hydrogen (secondary N) is 1. The fourth-order valence-electron chi connectivity index (χ4n) is 1.95. The number of nitrogens with two attached hydrogens (primary N) is 1. The molecule has 0 saturated carbocycles. The van der Waals surface area contributed by atoms with Crippen LogP contribution in [0.5, 0.6) is 5.75 Å². The van der Waals surface area contributed by atoms with Gasteiger partial charge in [0, 0.05) is 18.6 Å². The zero-order valence-corrected chi connectivity index (χ0v) is 11.6. The van der Waals surface area contributed by atoms with Crippen molar-refractivity contribution in [2.24, 2.45) is 5.84 Å². The standard InChI is InChI=1S/C15H20N4O/c1-2-6-20-14-8-13(10-18-11-14)15(19-16)7-12-4-3-5-17-9-12/h3-5,8-11,15,19H,2,6-7,16H2,1H3. The minimum absolute atomic E-state index is 0.0168. The second kappa shape index (κ2) is 7.57. The molecule has 0 spiro atoms. The average Bonchev–Trinajstić information content (AvgIpc) is 2.52. The molecule has 0 bridgehead atoms. The molecule has 106 valence electrons. The summed E-state index contributed by atoms with van der Waals surface area (Å²) in [5.74, 6) is 6.44. The summed E-state index contributed by atoms with van der Waals surface area (Å²) in [6, 6.07) is 5.91. The second-order valence-corrected chi connectivity index (χ2v) is 4.59. The van der Waals surface area contributed by atoms with Gasteiger partial charge >= 0.3 is 0 Å². The predicted molar refractivity (Wildman–Crippen MR) is 78.0 cm³/mol. The van der Waals surface area contributed by atoms with Crippen molar-refractivity contribution in [1.82, 2.24) is 15.4 Å². The molecule has 5 nitrogen and oxygen atoms in total. The number of pyridine rings is 2. The predicted octanol–water partition coefficient (Wildman–Crippen LogP) is 2.01. The van der Waals surface area contributed by atoms with Gasteiger partial charge in [0.1, 0.15) is 5.75 Å². The Bertz CT molecular complexity index is 518. The molecule has 0 fully saturated rings. The Balaban J connectivity index is 2.10. The third kappa shape index (κ3) is 4.01. The van der Waals surface area contributed by atoms with E-state index in [1.807, 2.05) is 24.4 Å². The Morgan fingerprint density at radius 3 is 2.90 bits per heavy atom. The molecule has 20 heavy (non-hydrogen) atoms. The first kappa shape index (κ1) is 14.4. The average molecular weight is 272 g/mol. The molecule has 1 unspecified atom stereocenters. The van der Waals surface area contributed by atoms with Crippen LogP contribution in [0.1, 0.15) is 30.5 Å². The van der Waals surface area contributed by atoms with Crippen LogP contribution in [0.3, 0.4) is 0 Å². The van der Waals surface area contributed by atoms with Crippen LogP contribution >= 0.6 is 0 Å². The van der Waals surface area contributed by atoms with Crippen molar-refractivity contribution in [2.75, 3.05) is 6.61 Å². The summed E-state index contributed by atoms with van der Waals surface area (Å²) >= 11 is 0. The molecular weight excluding hydrogens is 252 g/mol. The molecule has 0 aliphatic rings. The number of hydrogen-bond donors (Lipinski definition) is 2. The molecule has 0 amide bonds. The lowest BCUT2D eigenvalue weighted by Gasteiger charge is -2.16. The van der Waals surface area contributed by atoms with Gasteiger partial charge < -0.3 is 4.74 Å². The van der Waals surface area contributed by atoms with Crippen molar-refractivity contribution in [3.8, 4) is 5.75 Å². The highest BCUT2D eigenvalue weighted by atomic mass is 16.5. The van der Waals surface area contributed by atoms with Crippen LogP contribution < -0.4 is 16.0 Å². The van der Waals surface area contributed by atoms with E-state index in [9.17, 15) is 0 Å². The van der Waals surface area contributed by atoms with Crippen LogP contribution in [0.15, 0.2) is 43.0 Å². The van der Waals surface area contributed by atoms with Gasteiger partial charge in [-0.1, -0.05) is 13.0 Å². The van der Waals surface area contributed by atoms with E-state index >= 15 is 0 Å². The summed E-state index contributed by atoms with van der Waals surface area (Å²) in [5.41, 5.74) is 4.95. The van der Waals surface area contributed by atoms with Gasteiger partial charge in [0.2, 0.25) is 0 Å².